The number of rotatable bonds is 3. The first kappa shape index (κ1) is 9.78. The molecule has 1 aliphatic rings. The first-order chi connectivity index (χ1) is 7.93. The molecule has 0 unspecified atom stereocenters. The smallest absolute Gasteiger partial charge is 0.155 e. The van der Waals surface area contributed by atoms with E-state index in [1.807, 2.05) is 22.8 Å². The maximum atomic E-state index is 4.28. The molecule has 0 aromatic carbocycles. The van der Waals surface area contributed by atoms with Gasteiger partial charge in [-0.3, -0.25) is 0 Å². The topological polar surface area (TPSA) is 42.2 Å². The summed E-state index contributed by atoms with van der Waals surface area (Å²) in [6.07, 6.45) is 9.00. The van der Waals surface area contributed by atoms with Gasteiger partial charge in [0.2, 0.25) is 0 Å². The van der Waals surface area contributed by atoms with Gasteiger partial charge in [0, 0.05) is 24.8 Å². The molecule has 2 aromatic rings. The molecule has 3 rings (SSSR count). The van der Waals surface area contributed by atoms with Crippen molar-refractivity contribution in [3.8, 4) is 0 Å². The van der Waals surface area contributed by atoms with Crippen molar-refractivity contribution >= 4 is 5.65 Å². The van der Waals surface area contributed by atoms with Gasteiger partial charge in [0.05, 0.1) is 11.9 Å². The van der Waals surface area contributed by atoms with Crippen molar-refractivity contribution < 1.29 is 0 Å². The van der Waals surface area contributed by atoms with E-state index in [1.165, 1.54) is 31.4 Å². The fourth-order valence-corrected chi connectivity index (χ4v) is 2.40. The first-order valence-corrected chi connectivity index (χ1v) is 5.94. The van der Waals surface area contributed by atoms with E-state index in [4.69, 9.17) is 0 Å². The van der Waals surface area contributed by atoms with Crippen molar-refractivity contribution in [2.24, 2.45) is 0 Å². The van der Waals surface area contributed by atoms with Crippen LogP contribution in [0.2, 0.25) is 0 Å². The van der Waals surface area contributed by atoms with Gasteiger partial charge in [0.25, 0.3) is 0 Å². The Morgan fingerprint density at radius 2 is 2.12 bits per heavy atom. The first-order valence-electron chi connectivity index (χ1n) is 5.94. The SMILES string of the molecule is c1cc(CNC2CCCC2)n2nccc2n1. The van der Waals surface area contributed by atoms with Gasteiger partial charge >= 0.3 is 0 Å². The summed E-state index contributed by atoms with van der Waals surface area (Å²) >= 11 is 0. The van der Waals surface area contributed by atoms with E-state index in [0.717, 1.165) is 12.2 Å². The van der Waals surface area contributed by atoms with Crippen molar-refractivity contribution in [2.45, 2.75) is 38.3 Å². The standard InChI is InChI=1S/C12H16N4/c1-2-4-10(3-1)14-9-11-5-7-13-12-6-8-15-16(11)12/h5-8,10,14H,1-4,9H2. The van der Waals surface area contributed by atoms with Crippen molar-refractivity contribution in [2.75, 3.05) is 0 Å². The monoisotopic (exact) mass is 216 g/mol. The molecule has 84 valence electrons. The molecule has 0 amide bonds. The van der Waals surface area contributed by atoms with Crippen molar-refractivity contribution in [3.63, 3.8) is 0 Å². The largest absolute Gasteiger partial charge is 0.308 e. The molecule has 1 aliphatic carbocycles. The van der Waals surface area contributed by atoms with E-state index in [-0.39, 0.29) is 0 Å². The molecule has 0 aliphatic heterocycles. The zero-order chi connectivity index (χ0) is 10.8. The van der Waals surface area contributed by atoms with E-state index in [9.17, 15) is 0 Å². The maximum absolute atomic E-state index is 4.28. The molecule has 0 spiro atoms. The van der Waals surface area contributed by atoms with Crippen molar-refractivity contribution in [3.05, 3.63) is 30.2 Å². The number of fused-ring (bicyclic) bond motifs is 1. The summed E-state index contributed by atoms with van der Waals surface area (Å²) in [6.45, 7) is 0.880. The Morgan fingerprint density at radius 3 is 3.00 bits per heavy atom. The van der Waals surface area contributed by atoms with Gasteiger partial charge < -0.3 is 5.32 Å². The molecule has 1 N–H and O–H groups in total. The molecular weight excluding hydrogens is 200 g/mol. The van der Waals surface area contributed by atoms with Crippen molar-refractivity contribution in [1.82, 2.24) is 19.9 Å². The number of nitrogens with zero attached hydrogens (tertiary/aromatic N) is 3. The number of hydrogen-bond donors (Lipinski definition) is 1. The lowest BCUT2D eigenvalue weighted by Gasteiger charge is -2.12. The lowest BCUT2D eigenvalue weighted by Crippen LogP contribution is -2.26. The van der Waals surface area contributed by atoms with Gasteiger partial charge in [0.1, 0.15) is 0 Å². The van der Waals surface area contributed by atoms with Crippen LogP contribution in [0.25, 0.3) is 5.65 Å². The lowest BCUT2D eigenvalue weighted by molar-refractivity contribution is 0.514. The highest BCUT2D eigenvalue weighted by molar-refractivity contribution is 5.36. The third-order valence-electron chi connectivity index (χ3n) is 3.30. The molecular formula is C12H16N4. The van der Waals surface area contributed by atoms with E-state index in [0.29, 0.717) is 6.04 Å². The van der Waals surface area contributed by atoms with Gasteiger partial charge in [0.15, 0.2) is 5.65 Å². The fraction of sp³-hybridized carbons (Fsp3) is 0.500. The minimum absolute atomic E-state index is 0.693. The molecule has 0 saturated heterocycles. The van der Waals surface area contributed by atoms with Gasteiger partial charge in [-0.05, 0) is 18.9 Å². The van der Waals surface area contributed by atoms with Gasteiger partial charge in [-0.15, -0.1) is 0 Å². The second kappa shape index (κ2) is 4.22. The summed E-state index contributed by atoms with van der Waals surface area (Å²) in [6, 6.07) is 4.65. The number of aromatic nitrogens is 3. The summed E-state index contributed by atoms with van der Waals surface area (Å²) < 4.78 is 1.90. The molecule has 4 nitrogen and oxygen atoms in total. The van der Waals surface area contributed by atoms with Crippen LogP contribution in [0.3, 0.4) is 0 Å². The predicted molar refractivity (Wildman–Crippen MR) is 62.1 cm³/mol. The van der Waals surface area contributed by atoms with Gasteiger partial charge in [-0.1, -0.05) is 12.8 Å². The van der Waals surface area contributed by atoms with Gasteiger partial charge in [-0.2, -0.15) is 5.10 Å². The van der Waals surface area contributed by atoms with E-state index in [2.05, 4.69) is 15.4 Å². The second-order valence-electron chi connectivity index (χ2n) is 4.40. The van der Waals surface area contributed by atoms with Gasteiger partial charge in [-0.25, -0.2) is 9.50 Å². The summed E-state index contributed by atoms with van der Waals surface area (Å²) in [7, 11) is 0. The third kappa shape index (κ3) is 1.80. The van der Waals surface area contributed by atoms with E-state index in [1.54, 1.807) is 6.20 Å². The summed E-state index contributed by atoms with van der Waals surface area (Å²) in [4.78, 5) is 4.25. The summed E-state index contributed by atoms with van der Waals surface area (Å²) in [5, 5.41) is 7.87. The van der Waals surface area contributed by atoms with Crippen LogP contribution < -0.4 is 5.32 Å². The van der Waals surface area contributed by atoms with Crippen LogP contribution in [0.1, 0.15) is 31.4 Å². The zero-order valence-corrected chi connectivity index (χ0v) is 9.26. The average Bonchev–Trinajstić information content (AvgIpc) is 2.97. The molecule has 4 heteroatoms. The predicted octanol–water partition coefficient (Wildman–Crippen LogP) is 1.76. The highest BCUT2D eigenvalue weighted by Gasteiger charge is 2.14. The Kier molecular flexibility index (Phi) is 2.58. The molecule has 0 atom stereocenters. The van der Waals surface area contributed by atoms with Crippen molar-refractivity contribution in [1.29, 1.82) is 0 Å². The Labute approximate surface area is 94.7 Å². The van der Waals surface area contributed by atoms with Crippen LogP contribution in [-0.2, 0) is 6.54 Å². The normalized spacial score (nSPS) is 17.2. The zero-order valence-electron chi connectivity index (χ0n) is 9.26. The quantitative estimate of drug-likeness (QED) is 0.850. The summed E-state index contributed by atoms with van der Waals surface area (Å²) in [5.74, 6) is 0. The van der Waals surface area contributed by atoms with Crippen LogP contribution in [-0.4, -0.2) is 20.6 Å². The van der Waals surface area contributed by atoms with Crippen LogP contribution in [0.15, 0.2) is 24.5 Å². The molecule has 0 bridgehead atoms. The lowest BCUT2D eigenvalue weighted by atomic mass is 10.2. The molecule has 2 heterocycles. The summed E-state index contributed by atoms with van der Waals surface area (Å²) in [5.41, 5.74) is 2.10. The Hall–Kier alpha value is -1.42. The minimum Gasteiger partial charge on any atom is -0.308 e. The van der Waals surface area contributed by atoms with E-state index < -0.39 is 0 Å². The minimum atomic E-state index is 0.693. The Balaban J connectivity index is 1.75. The maximum Gasteiger partial charge on any atom is 0.155 e. The number of nitrogens with one attached hydrogen (secondary N) is 1. The number of hydrogen-bond acceptors (Lipinski definition) is 3. The van der Waals surface area contributed by atoms with Crippen LogP contribution in [0.4, 0.5) is 0 Å². The molecule has 0 radical (unpaired) electrons. The molecule has 1 saturated carbocycles. The highest BCUT2D eigenvalue weighted by atomic mass is 15.3. The van der Waals surface area contributed by atoms with E-state index >= 15 is 0 Å². The molecule has 2 aromatic heterocycles. The Bertz CT molecular complexity index is 471. The highest BCUT2D eigenvalue weighted by Crippen LogP contribution is 2.18. The van der Waals surface area contributed by atoms with Crippen LogP contribution in [0, 0.1) is 0 Å². The van der Waals surface area contributed by atoms with Crippen LogP contribution in [0.5, 0.6) is 0 Å². The Morgan fingerprint density at radius 1 is 1.25 bits per heavy atom. The van der Waals surface area contributed by atoms with Crippen LogP contribution >= 0.6 is 0 Å². The molecule has 16 heavy (non-hydrogen) atoms. The third-order valence-corrected chi connectivity index (χ3v) is 3.30. The fourth-order valence-electron chi connectivity index (χ4n) is 2.40. The second-order valence-corrected chi connectivity index (χ2v) is 4.40. The average molecular weight is 216 g/mol. The molecule has 1 fully saturated rings.